The van der Waals surface area contributed by atoms with E-state index in [1.54, 1.807) is 12.4 Å². The van der Waals surface area contributed by atoms with E-state index in [-0.39, 0.29) is 12.1 Å². The first-order valence-corrected chi connectivity index (χ1v) is 12.7. The van der Waals surface area contributed by atoms with E-state index in [2.05, 4.69) is 20.2 Å². The Hall–Kier alpha value is -1.84. The minimum atomic E-state index is -1.10. The molecule has 2 aliphatic heterocycles. The highest BCUT2D eigenvalue weighted by Crippen LogP contribution is 2.38. The number of aryl methyl sites for hydroxylation is 1. The normalized spacial score (nSPS) is 23.2. The zero-order chi connectivity index (χ0) is 21.4. The average Bonchev–Trinajstić information content (AvgIpc) is 2.77. The second-order valence-electron chi connectivity index (χ2n) is 8.74. The maximum atomic E-state index is 12.8. The van der Waals surface area contributed by atoms with E-state index < -0.39 is 10.8 Å². The highest BCUT2D eigenvalue weighted by atomic mass is 35.5. The molecule has 2 aromatic rings. The van der Waals surface area contributed by atoms with Crippen LogP contribution in [0.25, 0.3) is 0 Å². The summed E-state index contributed by atoms with van der Waals surface area (Å²) in [6.07, 6.45) is 9.69. The summed E-state index contributed by atoms with van der Waals surface area (Å²) in [5, 5.41) is 13.9. The standard InChI is InChI=1S/C21H27ClN6O2S/c22-15-11-23-18(24-12-15)14-4-8-28(9-5-14)20-25-16-3-1-10-31(30)17(16)19(26-20)27-21(13-29)6-2-7-21/h11-12,14,29H,1-10,13H2,(H,25,26,27)/t31-/m0/s1. The number of anilines is 2. The fraction of sp³-hybridized carbons (Fsp3) is 0.619. The number of aliphatic hydroxyl groups is 1. The molecule has 1 atom stereocenters. The molecule has 0 unspecified atom stereocenters. The zero-order valence-corrected chi connectivity index (χ0v) is 19.0. The van der Waals surface area contributed by atoms with E-state index >= 15 is 0 Å². The van der Waals surface area contributed by atoms with Gasteiger partial charge in [0, 0.05) is 37.2 Å². The number of halogens is 1. The van der Waals surface area contributed by atoms with E-state index in [0.29, 0.717) is 28.5 Å². The third-order valence-corrected chi connectivity index (χ3v) is 8.41. The molecule has 0 amide bonds. The molecule has 2 fully saturated rings. The molecule has 1 saturated heterocycles. The van der Waals surface area contributed by atoms with Crippen molar-refractivity contribution in [3.63, 3.8) is 0 Å². The fourth-order valence-corrected chi connectivity index (χ4v) is 6.07. The molecule has 2 N–H and O–H groups in total. The maximum Gasteiger partial charge on any atom is 0.227 e. The molecule has 4 heterocycles. The van der Waals surface area contributed by atoms with Gasteiger partial charge in [-0.25, -0.2) is 15.0 Å². The monoisotopic (exact) mass is 462 g/mol. The van der Waals surface area contributed by atoms with Gasteiger partial charge >= 0.3 is 0 Å². The summed E-state index contributed by atoms with van der Waals surface area (Å²) in [7, 11) is -1.10. The SMILES string of the molecule is O=[S@]1CCCc2nc(N3CCC(c4ncc(Cl)cn4)CC3)nc(NC3(CO)CCC3)c21. The Balaban J connectivity index is 1.39. The molecule has 0 radical (unpaired) electrons. The van der Waals surface area contributed by atoms with Gasteiger partial charge < -0.3 is 15.3 Å². The van der Waals surface area contributed by atoms with Crippen molar-refractivity contribution in [1.29, 1.82) is 0 Å². The van der Waals surface area contributed by atoms with E-state index in [0.717, 1.165) is 74.4 Å². The molecule has 0 spiro atoms. The molecule has 10 heteroatoms. The predicted molar refractivity (Wildman–Crippen MR) is 120 cm³/mol. The molecule has 3 aliphatic rings. The van der Waals surface area contributed by atoms with Crippen LogP contribution in [-0.4, -0.2) is 60.2 Å². The first kappa shape index (κ1) is 21.0. The van der Waals surface area contributed by atoms with Crippen LogP contribution in [0.5, 0.6) is 0 Å². The summed E-state index contributed by atoms with van der Waals surface area (Å²) < 4.78 is 12.8. The number of piperidine rings is 1. The van der Waals surface area contributed by atoms with Crippen molar-refractivity contribution < 1.29 is 9.32 Å². The second kappa shape index (κ2) is 8.60. The second-order valence-corrected chi connectivity index (χ2v) is 10.7. The molecule has 1 aliphatic carbocycles. The average molecular weight is 463 g/mol. The van der Waals surface area contributed by atoms with Gasteiger partial charge in [-0.3, -0.25) is 4.21 Å². The highest BCUT2D eigenvalue weighted by molar-refractivity contribution is 7.85. The van der Waals surface area contributed by atoms with Crippen LogP contribution < -0.4 is 10.2 Å². The van der Waals surface area contributed by atoms with Crippen LogP contribution >= 0.6 is 11.6 Å². The lowest BCUT2D eigenvalue weighted by molar-refractivity contribution is 0.143. The van der Waals surface area contributed by atoms with Gasteiger partial charge in [0.2, 0.25) is 5.95 Å². The van der Waals surface area contributed by atoms with Crippen LogP contribution in [0, 0.1) is 0 Å². The number of nitrogens with zero attached hydrogens (tertiary/aromatic N) is 5. The van der Waals surface area contributed by atoms with E-state index in [4.69, 9.17) is 21.6 Å². The van der Waals surface area contributed by atoms with Crippen molar-refractivity contribution in [2.24, 2.45) is 0 Å². The van der Waals surface area contributed by atoms with Crippen molar-refractivity contribution in [3.05, 3.63) is 28.9 Å². The van der Waals surface area contributed by atoms with Crippen LogP contribution in [0.2, 0.25) is 5.02 Å². The Morgan fingerprint density at radius 1 is 1.19 bits per heavy atom. The first-order valence-electron chi connectivity index (χ1n) is 11.0. The minimum Gasteiger partial charge on any atom is -0.394 e. The number of aliphatic hydroxyl groups excluding tert-OH is 1. The molecule has 166 valence electrons. The van der Waals surface area contributed by atoms with E-state index in [9.17, 15) is 9.32 Å². The van der Waals surface area contributed by atoms with Crippen LogP contribution in [-0.2, 0) is 17.2 Å². The highest BCUT2D eigenvalue weighted by Gasteiger charge is 2.38. The molecular weight excluding hydrogens is 436 g/mol. The Bertz CT molecular complexity index is 971. The number of hydrogen-bond donors (Lipinski definition) is 2. The van der Waals surface area contributed by atoms with Crippen LogP contribution in [0.3, 0.4) is 0 Å². The predicted octanol–water partition coefficient (Wildman–Crippen LogP) is 2.68. The van der Waals surface area contributed by atoms with E-state index in [1.807, 2.05) is 0 Å². The molecule has 5 rings (SSSR count). The van der Waals surface area contributed by atoms with Gasteiger partial charge in [0.15, 0.2) is 0 Å². The smallest absolute Gasteiger partial charge is 0.227 e. The van der Waals surface area contributed by atoms with E-state index in [1.165, 1.54) is 0 Å². The van der Waals surface area contributed by atoms with Crippen LogP contribution in [0.1, 0.15) is 56.0 Å². The quantitative estimate of drug-likeness (QED) is 0.698. The largest absolute Gasteiger partial charge is 0.394 e. The number of rotatable bonds is 5. The molecule has 1 saturated carbocycles. The topological polar surface area (TPSA) is 104 Å². The molecule has 0 bridgehead atoms. The van der Waals surface area contributed by atoms with Crippen LogP contribution in [0.4, 0.5) is 11.8 Å². The molecule has 8 nitrogen and oxygen atoms in total. The number of aromatic nitrogens is 4. The Labute approximate surface area is 189 Å². The van der Waals surface area contributed by atoms with Gasteiger partial charge in [0.25, 0.3) is 0 Å². The zero-order valence-electron chi connectivity index (χ0n) is 17.4. The van der Waals surface area contributed by atoms with Crippen molar-refractivity contribution >= 4 is 34.2 Å². The van der Waals surface area contributed by atoms with Gasteiger partial charge in [-0.05, 0) is 44.9 Å². The Morgan fingerprint density at radius 3 is 2.58 bits per heavy atom. The minimum absolute atomic E-state index is 0.0558. The lowest BCUT2D eigenvalue weighted by atomic mass is 9.77. The lowest BCUT2D eigenvalue weighted by Gasteiger charge is -2.42. The van der Waals surface area contributed by atoms with Crippen molar-refractivity contribution in [2.75, 3.05) is 35.7 Å². The number of hydrogen-bond acceptors (Lipinski definition) is 8. The van der Waals surface area contributed by atoms with Gasteiger partial charge in [-0.2, -0.15) is 4.98 Å². The number of nitrogens with one attached hydrogen (secondary N) is 1. The third kappa shape index (κ3) is 4.15. The Morgan fingerprint density at radius 2 is 1.94 bits per heavy atom. The summed E-state index contributed by atoms with van der Waals surface area (Å²) in [5.74, 6) is 3.10. The van der Waals surface area contributed by atoms with Gasteiger partial charge in [0.1, 0.15) is 16.5 Å². The Kier molecular flexibility index (Phi) is 5.83. The first-order chi connectivity index (χ1) is 15.1. The molecule has 0 aromatic carbocycles. The third-order valence-electron chi connectivity index (χ3n) is 6.68. The lowest BCUT2D eigenvalue weighted by Crippen LogP contribution is -2.49. The van der Waals surface area contributed by atoms with Crippen molar-refractivity contribution in [2.45, 2.75) is 61.3 Å². The maximum absolute atomic E-state index is 12.8. The van der Waals surface area contributed by atoms with Crippen molar-refractivity contribution in [1.82, 2.24) is 19.9 Å². The summed E-state index contributed by atoms with van der Waals surface area (Å²) in [4.78, 5) is 21.4. The fourth-order valence-electron chi connectivity index (χ4n) is 4.64. The molecule has 31 heavy (non-hydrogen) atoms. The summed E-state index contributed by atoms with van der Waals surface area (Å²) in [6.45, 7) is 1.67. The molecular formula is C21H27ClN6O2S. The molecule has 2 aromatic heterocycles. The van der Waals surface area contributed by atoms with Crippen LogP contribution in [0.15, 0.2) is 17.3 Å². The summed E-state index contributed by atoms with van der Waals surface area (Å²) in [5.41, 5.74) is 0.535. The van der Waals surface area contributed by atoms with Gasteiger partial charge in [-0.1, -0.05) is 11.6 Å². The van der Waals surface area contributed by atoms with Crippen molar-refractivity contribution in [3.8, 4) is 0 Å². The summed E-state index contributed by atoms with van der Waals surface area (Å²) >= 11 is 5.91. The number of fused-ring (bicyclic) bond motifs is 1. The van der Waals surface area contributed by atoms with Gasteiger partial charge in [-0.15, -0.1) is 0 Å². The summed E-state index contributed by atoms with van der Waals surface area (Å²) in [6, 6.07) is 0. The van der Waals surface area contributed by atoms with Gasteiger partial charge in [0.05, 0.1) is 33.7 Å².